The lowest BCUT2D eigenvalue weighted by atomic mass is 9.98. The highest BCUT2D eigenvalue weighted by molar-refractivity contribution is 5.26. The Morgan fingerprint density at radius 3 is 2.14 bits per heavy atom. The maximum absolute atomic E-state index is 13.9. The molecule has 2 rings (SSSR count). The monoisotopic (exact) mass is 297 g/mol. The van der Waals surface area contributed by atoms with E-state index < -0.39 is 29.3 Å². The van der Waals surface area contributed by atoms with Gasteiger partial charge in [0.15, 0.2) is 0 Å². The van der Waals surface area contributed by atoms with Crippen molar-refractivity contribution in [3.8, 4) is 0 Å². The molecule has 112 valence electrons. The standard InChI is InChI=1S/C16H15F4N/c1-2-21-16(14-4-3-11(17)9-15(14)20)7-10-5-12(18)8-13(19)6-10/h3-6,8-9,16,21H,2,7H2,1H3. The molecule has 1 unspecified atom stereocenters. The molecule has 0 aliphatic heterocycles. The number of benzene rings is 2. The highest BCUT2D eigenvalue weighted by atomic mass is 19.1. The van der Waals surface area contributed by atoms with Gasteiger partial charge < -0.3 is 5.32 Å². The molecule has 2 aromatic carbocycles. The van der Waals surface area contributed by atoms with Gasteiger partial charge in [0.2, 0.25) is 0 Å². The summed E-state index contributed by atoms with van der Waals surface area (Å²) in [6.45, 7) is 2.37. The summed E-state index contributed by atoms with van der Waals surface area (Å²) in [5.74, 6) is -2.71. The number of likely N-dealkylation sites (N-methyl/N-ethyl adjacent to an activating group) is 1. The Hall–Kier alpha value is -1.88. The Kier molecular flexibility index (Phi) is 4.96. The van der Waals surface area contributed by atoms with Crippen LogP contribution in [0.1, 0.15) is 24.1 Å². The van der Waals surface area contributed by atoms with Gasteiger partial charge in [-0.25, -0.2) is 17.6 Å². The number of rotatable bonds is 5. The van der Waals surface area contributed by atoms with Crippen LogP contribution in [0.25, 0.3) is 0 Å². The third kappa shape index (κ3) is 4.04. The first-order chi connectivity index (χ1) is 9.99. The Labute approximate surface area is 120 Å². The molecular formula is C16H15F4N. The molecule has 0 fully saturated rings. The predicted octanol–water partition coefficient (Wildman–Crippen LogP) is 4.14. The Bertz CT molecular complexity index is 607. The first kappa shape index (κ1) is 15.5. The first-order valence-corrected chi connectivity index (χ1v) is 6.63. The molecule has 0 radical (unpaired) electrons. The van der Waals surface area contributed by atoms with Gasteiger partial charge in [-0.3, -0.25) is 0 Å². The summed E-state index contributed by atoms with van der Waals surface area (Å²) >= 11 is 0. The third-order valence-electron chi connectivity index (χ3n) is 3.15. The summed E-state index contributed by atoms with van der Waals surface area (Å²) in [4.78, 5) is 0. The molecular weight excluding hydrogens is 282 g/mol. The van der Waals surface area contributed by atoms with Gasteiger partial charge >= 0.3 is 0 Å². The minimum absolute atomic E-state index is 0.199. The van der Waals surface area contributed by atoms with Gasteiger partial charge in [-0.2, -0.15) is 0 Å². The van der Waals surface area contributed by atoms with Crippen molar-refractivity contribution in [3.63, 3.8) is 0 Å². The van der Waals surface area contributed by atoms with Crippen LogP contribution in [0, 0.1) is 23.3 Å². The van der Waals surface area contributed by atoms with Crippen LogP contribution < -0.4 is 5.32 Å². The van der Waals surface area contributed by atoms with Gasteiger partial charge in [0.1, 0.15) is 23.3 Å². The molecule has 0 heterocycles. The van der Waals surface area contributed by atoms with Crippen molar-refractivity contribution in [2.24, 2.45) is 0 Å². The maximum Gasteiger partial charge on any atom is 0.130 e. The van der Waals surface area contributed by atoms with E-state index >= 15 is 0 Å². The van der Waals surface area contributed by atoms with E-state index in [2.05, 4.69) is 5.32 Å². The van der Waals surface area contributed by atoms with Crippen LogP contribution >= 0.6 is 0 Å². The summed E-state index contributed by atoms with van der Waals surface area (Å²) in [7, 11) is 0. The molecule has 0 bridgehead atoms. The summed E-state index contributed by atoms with van der Waals surface area (Å²) in [6, 6.07) is 6.00. The van der Waals surface area contributed by atoms with Crippen molar-refractivity contribution in [2.75, 3.05) is 6.54 Å². The zero-order chi connectivity index (χ0) is 15.4. The first-order valence-electron chi connectivity index (χ1n) is 6.63. The van der Waals surface area contributed by atoms with Crippen molar-refractivity contribution in [1.82, 2.24) is 5.32 Å². The molecule has 0 aromatic heterocycles. The lowest BCUT2D eigenvalue weighted by molar-refractivity contribution is 0.499. The van der Waals surface area contributed by atoms with E-state index in [0.29, 0.717) is 12.1 Å². The zero-order valence-corrected chi connectivity index (χ0v) is 11.5. The average molecular weight is 297 g/mol. The van der Waals surface area contributed by atoms with Gasteiger partial charge in [-0.15, -0.1) is 0 Å². The molecule has 0 spiro atoms. The van der Waals surface area contributed by atoms with Crippen LogP contribution in [0.15, 0.2) is 36.4 Å². The van der Waals surface area contributed by atoms with E-state index in [1.165, 1.54) is 18.2 Å². The highest BCUT2D eigenvalue weighted by Gasteiger charge is 2.17. The van der Waals surface area contributed by atoms with Crippen molar-refractivity contribution >= 4 is 0 Å². The summed E-state index contributed by atoms with van der Waals surface area (Å²) in [6.07, 6.45) is 0.199. The van der Waals surface area contributed by atoms with E-state index in [4.69, 9.17) is 0 Å². The summed E-state index contributed by atoms with van der Waals surface area (Å²) in [5, 5.41) is 3.04. The lowest BCUT2D eigenvalue weighted by Crippen LogP contribution is -2.24. The Morgan fingerprint density at radius 1 is 0.905 bits per heavy atom. The quantitative estimate of drug-likeness (QED) is 0.818. The molecule has 0 saturated heterocycles. The maximum atomic E-state index is 13.9. The smallest absolute Gasteiger partial charge is 0.130 e. The molecule has 5 heteroatoms. The van der Waals surface area contributed by atoms with E-state index in [9.17, 15) is 17.6 Å². The fourth-order valence-corrected chi connectivity index (χ4v) is 2.29. The van der Waals surface area contributed by atoms with Crippen molar-refractivity contribution in [2.45, 2.75) is 19.4 Å². The number of halogens is 4. The molecule has 1 atom stereocenters. The SMILES string of the molecule is CCNC(Cc1cc(F)cc(F)c1)c1ccc(F)cc1F. The minimum atomic E-state index is -0.683. The summed E-state index contributed by atoms with van der Waals surface area (Å²) in [5.41, 5.74) is 0.671. The molecule has 0 amide bonds. The third-order valence-corrected chi connectivity index (χ3v) is 3.15. The predicted molar refractivity (Wildman–Crippen MR) is 72.8 cm³/mol. The normalized spacial score (nSPS) is 12.4. The highest BCUT2D eigenvalue weighted by Crippen LogP contribution is 2.23. The van der Waals surface area contributed by atoms with E-state index in [-0.39, 0.29) is 12.0 Å². The molecule has 2 aromatic rings. The van der Waals surface area contributed by atoms with E-state index in [0.717, 1.165) is 18.2 Å². The molecule has 0 aliphatic rings. The number of hydrogen-bond acceptors (Lipinski definition) is 1. The van der Waals surface area contributed by atoms with Crippen molar-refractivity contribution in [3.05, 3.63) is 70.8 Å². The van der Waals surface area contributed by atoms with Crippen LogP contribution in [0.3, 0.4) is 0 Å². The van der Waals surface area contributed by atoms with Gasteiger partial charge in [-0.1, -0.05) is 13.0 Å². The fourth-order valence-electron chi connectivity index (χ4n) is 2.29. The second-order valence-corrected chi connectivity index (χ2v) is 4.76. The van der Waals surface area contributed by atoms with Crippen LogP contribution in [-0.4, -0.2) is 6.54 Å². The van der Waals surface area contributed by atoms with Gasteiger partial charge in [0.05, 0.1) is 0 Å². The molecule has 0 aliphatic carbocycles. The molecule has 1 N–H and O–H groups in total. The number of nitrogens with one attached hydrogen (secondary N) is 1. The van der Waals surface area contributed by atoms with Crippen molar-refractivity contribution in [1.29, 1.82) is 0 Å². The molecule has 21 heavy (non-hydrogen) atoms. The summed E-state index contributed by atoms with van der Waals surface area (Å²) < 4.78 is 53.3. The zero-order valence-electron chi connectivity index (χ0n) is 11.5. The van der Waals surface area contributed by atoms with Gasteiger partial charge in [0.25, 0.3) is 0 Å². The van der Waals surface area contributed by atoms with Crippen molar-refractivity contribution < 1.29 is 17.6 Å². The fraction of sp³-hybridized carbons (Fsp3) is 0.250. The topological polar surface area (TPSA) is 12.0 Å². The van der Waals surface area contributed by atoms with Crippen LogP contribution in [0.4, 0.5) is 17.6 Å². The Balaban J connectivity index is 2.30. The second kappa shape index (κ2) is 6.72. The average Bonchev–Trinajstić information content (AvgIpc) is 2.37. The second-order valence-electron chi connectivity index (χ2n) is 4.76. The Morgan fingerprint density at radius 2 is 1.57 bits per heavy atom. The molecule has 0 saturated carbocycles. The van der Waals surface area contributed by atoms with E-state index in [1.807, 2.05) is 6.92 Å². The minimum Gasteiger partial charge on any atom is -0.310 e. The van der Waals surface area contributed by atoms with Crippen LogP contribution in [0.5, 0.6) is 0 Å². The van der Waals surface area contributed by atoms with Crippen LogP contribution in [-0.2, 0) is 6.42 Å². The van der Waals surface area contributed by atoms with E-state index in [1.54, 1.807) is 0 Å². The van der Waals surface area contributed by atoms with Gasteiger partial charge in [0, 0.05) is 23.7 Å². The molecule has 1 nitrogen and oxygen atoms in total. The van der Waals surface area contributed by atoms with Gasteiger partial charge in [-0.05, 0) is 36.7 Å². The largest absolute Gasteiger partial charge is 0.310 e. The van der Waals surface area contributed by atoms with Crippen LogP contribution in [0.2, 0.25) is 0 Å². The lowest BCUT2D eigenvalue weighted by Gasteiger charge is -2.19. The number of hydrogen-bond donors (Lipinski definition) is 1.